The molecule has 2 atom stereocenters. The van der Waals surface area contributed by atoms with Crippen molar-refractivity contribution in [3.8, 4) is 0 Å². The summed E-state index contributed by atoms with van der Waals surface area (Å²) in [6.45, 7) is 4.90. The SMILES string of the molecule is BC1(B)CN(c2ccc(Nc3ncc4c(C)c(C(C)=O)c(=O)n(C5C(B)(B)C(B)(B)C(B)(O)C5(B)B)c4n3)nc2)CC(B)(B)N1. The molecule has 1 saturated carbocycles. The Hall–Kier alpha value is -2.66. The van der Waals surface area contributed by atoms with Crippen molar-refractivity contribution in [3.05, 3.63) is 46.0 Å². The second kappa shape index (κ2) is 10.4. The van der Waals surface area contributed by atoms with Crippen LogP contribution >= 0.6 is 0 Å². The molecule has 0 aromatic carbocycles. The number of anilines is 3. The molecule has 2 fully saturated rings. The highest BCUT2D eigenvalue weighted by Gasteiger charge is 2.69. The highest BCUT2D eigenvalue weighted by atomic mass is 16.3. The van der Waals surface area contributed by atoms with Crippen molar-refractivity contribution in [3.63, 3.8) is 0 Å². The van der Waals surface area contributed by atoms with Gasteiger partial charge >= 0.3 is 0 Å². The fraction of sp³-hybridized carbons (Fsp3) is 0.458. The van der Waals surface area contributed by atoms with Gasteiger partial charge in [0, 0.05) is 36.2 Å². The van der Waals surface area contributed by atoms with Crippen LogP contribution in [0.4, 0.5) is 17.5 Å². The standard InChI is InChI=1S/C24H40B11N7O3/c1-9-12-6-37-18(38-13-4-3-11(5-36-13)41-7-19(25,26)40-20(27,28)8-41)39-15(12)42(16(44)14(9)10(2)43)17-21(29,30)23(33,34)24(35,45)22(17,31)32/h3-6,17,40,45H,7-8,25-35H2,1-2H3,(H,36,37,38,39). The fourth-order valence-electron chi connectivity index (χ4n) is 8.58. The minimum Gasteiger partial charge on any atom is -0.401 e. The van der Waals surface area contributed by atoms with Gasteiger partial charge in [0.25, 0.3) is 5.56 Å². The lowest BCUT2D eigenvalue weighted by Gasteiger charge is -2.50. The van der Waals surface area contributed by atoms with Crippen LogP contribution in [0.15, 0.2) is 29.3 Å². The Morgan fingerprint density at radius 2 is 1.56 bits per heavy atom. The van der Waals surface area contributed by atoms with E-state index in [1.807, 2.05) is 57.6 Å². The minimum atomic E-state index is -1.14. The molecular weight excluding hydrogens is 553 g/mol. The summed E-state index contributed by atoms with van der Waals surface area (Å²) >= 11 is 0. The number of nitrogens with one attached hydrogen (secondary N) is 2. The molecule has 0 spiro atoms. The van der Waals surface area contributed by atoms with Gasteiger partial charge in [-0.3, -0.25) is 14.2 Å². The third-order valence-electron chi connectivity index (χ3n) is 11.5. The number of carbonyl (C=O) groups is 1. The number of nitrogens with zero attached hydrogens (tertiary/aromatic N) is 5. The summed E-state index contributed by atoms with van der Waals surface area (Å²) in [4.78, 5) is 43.7. The number of ketones is 1. The van der Waals surface area contributed by atoms with Crippen molar-refractivity contribution >= 4 is 121 Å². The van der Waals surface area contributed by atoms with Crippen molar-refractivity contribution in [2.45, 2.75) is 51.7 Å². The Morgan fingerprint density at radius 3 is 2.04 bits per heavy atom. The summed E-state index contributed by atoms with van der Waals surface area (Å²) < 4.78 is 1.65. The summed E-state index contributed by atoms with van der Waals surface area (Å²) in [5.74, 6) is 0.550. The van der Waals surface area contributed by atoms with Crippen molar-refractivity contribution in [2.75, 3.05) is 23.3 Å². The van der Waals surface area contributed by atoms with Crippen LogP contribution in [0.25, 0.3) is 11.0 Å². The third-order valence-corrected chi connectivity index (χ3v) is 11.5. The number of aryl methyl sites for hydroxylation is 1. The normalized spacial score (nSPS) is 25.9. The highest BCUT2D eigenvalue weighted by molar-refractivity contribution is 6.62. The lowest BCUT2D eigenvalue weighted by atomic mass is 9.25. The van der Waals surface area contributed by atoms with E-state index in [0.29, 0.717) is 22.4 Å². The molecule has 3 aromatic heterocycles. The van der Waals surface area contributed by atoms with Gasteiger partial charge in [0.2, 0.25) is 5.95 Å². The van der Waals surface area contributed by atoms with Gasteiger partial charge in [0.15, 0.2) is 5.78 Å². The molecule has 45 heavy (non-hydrogen) atoms. The van der Waals surface area contributed by atoms with E-state index in [4.69, 9.17) is 4.98 Å². The first-order valence-electron chi connectivity index (χ1n) is 15.9. The van der Waals surface area contributed by atoms with Crippen LogP contribution in [0.1, 0.15) is 28.9 Å². The van der Waals surface area contributed by atoms with Gasteiger partial charge < -0.3 is 20.6 Å². The first-order chi connectivity index (χ1) is 20.4. The molecule has 5 rings (SSSR count). The van der Waals surface area contributed by atoms with Gasteiger partial charge in [0.05, 0.1) is 17.4 Å². The van der Waals surface area contributed by atoms with Crippen LogP contribution in [-0.4, -0.2) is 146 Å². The van der Waals surface area contributed by atoms with Crippen molar-refractivity contribution in [1.29, 1.82) is 0 Å². The van der Waals surface area contributed by atoms with Crippen molar-refractivity contribution in [2.24, 2.45) is 0 Å². The fourth-order valence-corrected chi connectivity index (χ4v) is 8.58. The van der Waals surface area contributed by atoms with Crippen LogP contribution in [0.2, 0.25) is 15.6 Å². The van der Waals surface area contributed by atoms with E-state index in [1.165, 1.54) is 6.92 Å². The zero-order chi connectivity index (χ0) is 33.7. The molecule has 0 bridgehead atoms. The second-order valence-corrected chi connectivity index (χ2v) is 16.5. The van der Waals surface area contributed by atoms with Crippen LogP contribution in [-0.2, 0) is 0 Å². The Kier molecular flexibility index (Phi) is 7.81. The molecule has 4 heterocycles. The molecule has 2 aliphatic rings. The van der Waals surface area contributed by atoms with E-state index in [1.54, 1.807) is 17.7 Å². The van der Waals surface area contributed by atoms with E-state index in [-0.39, 0.29) is 28.0 Å². The number of hydrogen-bond donors (Lipinski definition) is 3. The van der Waals surface area contributed by atoms with E-state index < -0.39 is 32.7 Å². The molecule has 0 radical (unpaired) electrons. The van der Waals surface area contributed by atoms with Gasteiger partial charge in [-0.2, -0.15) is 4.98 Å². The first kappa shape index (κ1) is 33.7. The van der Waals surface area contributed by atoms with E-state index >= 15 is 0 Å². The van der Waals surface area contributed by atoms with Crippen LogP contribution in [0, 0.1) is 6.92 Å². The molecule has 3 N–H and O–H groups in total. The van der Waals surface area contributed by atoms with E-state index in [2.05, 4.69) is 72.6 Å². The topological polar surface area (TPSA) is 125 Å². The number of aliphatic hydroxyl groups is 1. The quantitative estimate of drug-likeness (QED) is 0.196. The predicted molar refractivity (Wildman–Crippen MR) is 213 cm³/mol. The monoisotopic (exact) mass is 595 g/mol. The maximum absolute atomic E-state index is 14.3. The van der Waals surface area contributed by atoms with Gasteiger partial charge in [0.1, 0.15) is 97.8 Å². The van der Waals surface area contributed by atoms with Gasteiger partial charge in [-0.1, -0.05) is 10.4 Å². The number of aromatic nitrogens is 4. The maximum Gasteiger partial charge on any atom is 0.263 e. The predicted octanol–water partition coefficient (Wildman–Crippen LogP) is -9.29. The number of hydrogen-bond acceptors (Lipinski definition) is 9. The smallest absolute Gasteiger partial charge is 0.263 e. The van der Waals surface area contributed by atoms with Crippen LogP contribution in [0.5, 0.6) is 0 Å². The lowest BCUT2D eigenvalue weighted by molar-refractivity contribution is 0.101. The average molecular weight is 594 g/mol. The summed E-state index contributed by atoms with van der Waals surface area (Å²) in [5.41, 5.74) is 0.580. The number of fused-ring (bicyclic) bond motifs is 1. The van der Waals surface area contributed by atoms with Crippen LogP contribution < -0.4 is 21.1 Å². The summed E-state index contributed by atoms with van der Waals surface area (Å²) in [7, 11) is 22.9. The number of carbonyl (C=O) groups excluding carboxylic acids is 1. The largest absolute Gasteiger partial charge is 0.401 e. The molecule has 0 amide bonds. The molecule has 1 saturated heterocycles. The molecule has 10 nitrogen and oxygen atoms in total. The number of piperazine rings is 1. The zero-order valence-electron chi connectivity index (χ0n) is 29.3. The highest BCUT2D eigenvalue weighted by Crippen LogP contribution is 2.73. The molecule has 2 unspecified atom stereocenters. The number of rotatable bonds is 5. The molecule has 1 aliphatic carbocycles. The van der Waals surface area contributed by atoms with E-state index in [9.17, 15) is 14.7 Å². The Bertz CT molecular complexity index is 1720. The minimum absolute atomic E-state index is 0.0427. The lowest BCUT2D eigenvalue weighted by Crippen LogP contribution is -2.73. The first-order valence-corrected chi connectivity index (χ1v) is 15.9. The van der Waals surface area contributed by atoms with Crippen molar-refractivity contribution in [1.82, 2.24) is 24.8 Å². The van der Waals surface area contributed by atoms with Crippen molar-refractivity contribution < 1.29 is 9.90 Å². The zero-order valence-corrected chi connectivity index (χ0v) is 29.3. The summed E-state index contributed by atoms with van der Waals surface area (Å²) in [5, 5.41) is 17.5. The Labute approximate surface area is 275 Å². The Morgan fingerprint density at radius 1 is 0.956 bits per heavy atom. The Balaban J connectivity index is 1.61. The molecule has 3 aromatic rings. The molecular formula is C24H40B11N7O3. The molecule has 21 heteroatoms. The number of Topliss-reactive ketones (excluding diaryl/α,β-unsaturated/α-hetero) is 1. The third kappa shape index (κ3) is 5.16. The summed E-state index contributed by atoms with van der Waals surface area (Å²) in [6, 6.07) is 3.46. The molecule has 222 valence electrons. The molecule has 1 aliphatic heterocycles. The number of pyridine rings is 2. The average Bonchev–Trinajstić information content (AvgIpc) is 2.95. The summed E-state index contributed by atoms with van der Waals surface area (Å²) in [6.07, 6.45) is 3.52. The van der Waals surface area contributed by atoms with E-state index in [0.717, 1.165) is 18.8 Å². The van der Waals surface area contributed by atoms with Gasteiger partial charge in [-0.05, 0) is 47.4 Å². The second-order valence-electron chi connectivity index (χ2n) is 16.5. The van der Waals surface area contributed by atoms with Gasteiger partial charge in [-0.25, -0.2) is 9.97 Å². The maximum atomic E-state index is 14.3. The van der Waals surface area contributed by atoms with Crippen LogP contribution in [0.3, 0.4) is 0 Å². The van der Waals surface area contributed by atoms with Gasteiger partial charge in [-0.15, -0.1) is 0 Å².